The highest BCUT2D eigenvalue weighted by Crippen LogP contribution is 2.30. The van der Waals surface area contributed by atoms with Crippen LogP contribution in [0.25, 0.3) is 16.7 Å². The van der Waals surface area contributed by atoms with Crippen LogP contribution in [0.2, 0.25) is 0 Å². The number of nitrogens with two attached hydrogens (primary N) is 1. The van der Waals surface area contributed by atoms with Crippen LogP contribution >= 0.6 is 0 Å². The Morgan fingerprint density at radius 1 is 1.13 bits per heavy atom. The Kier molecular flexibility index (Phi) is 15.6. The normalized spacial score (nSPS) is 11.7. The van der Waals surface area contributed by atoms with E-state index in [2.05, 4.69) is 23.6 Å². The number of para-hydroxylation sites is 1. The molecule has 3 N–H and O–H groups in total. The van der Waals surface area contributed by atoms with Crippen LogP contribution in [0.3, 0.4) is 0 Å². The molecule has 0 heterocycles. The Labute approximate surface area is 182 Å². The molecule has 0 aliphatic heterocycles. The van der Waals surface area contributed by atoms with Crippen molar-refractivity contribution >= 4 is 18.0 Å². The van der Waals surface area contributed by atoms with Gasteiger partial charge in [-0.1, -0.05) is 89.4 Å². The Balaban J connectivity index is 0.000000785. The molecule has 164 valence electrons. The van der Waals surface area contributed by atoms with E-state index in [0.717, 1.165) is 23.4 Å². The average molecular weight is 412 g/mol. The molecule has 1 fully saturated rings. The maximum atomic E-state index is 14.4. The van der Waals surface area contributed by atoms with Crippen molar-refractivity contribution in [2.24, 2.45) is 10.7 Å². The lowest BCUT2D eigenvalue weighted by atomic mass is 9.99. The third kappa shape index (κ3) is 9.19. The van der Waals surface area contributed by atoms with Crippen molar-refractivity contribution in [1.82, 2.24) is 0 Å². The molecule has 1 aliphatic rings. The van der Waals surface area contributed by atoms with Crippen LogP contribution in [0, 0.1) is 5.82 Å². The fraction of sp³-hybridized carbons (Fsp3) is 0.346. The minimum Gasteiger partial charge on any atom is -0.388 e. The molecule has 1 aliphatic carbocycles. The summed E-state index contributed by atoms with van der Waals surface area (Å²) in [5.41, 5.74) is 8.64. The first-order valence-corrected chi connectivity index (χ1v) is 10.7. The molecule has 0 bridgehead atoms. The molecule has 1 saturated carbocycles. The summed E-state index contributed by atoms with van der Waals surface area (Å²) in [4.78, 5) is 3.67. The predicted octanol–water partition coefficient (Wildman–Crippen LogP) is 7.31. The van der Waals surface area contributed by atoms with Crippen LogP contribution in [-0.2, 0) is 0 Å². The van der Waals surface area contributed by atoms with Gasteiger partial charge in [0.1, 0.15) is 5.82 Å². The van der Waals surface area contributed by atoms with E-state index in [-0.39, 0.29) is 5.82 Å². The zero-order valence-corrected chi connectivity index (χ0v) is 19.0. The average Bonchev–Trinajstić information content (AvgIpc) is 2.73. The lowest BCUT2D eigenvalue weighted by Crippen LogP contribution is -1.93. The molecule has 3 nitrogen and oxygen atoms in total. The highest BCUT2D eigenvalue weighted by Gasteiger charge is 2.09. The van der Waals surface area contributed by atoms with Gasteiger partial charge in [0.25, 0.3) is 0 Å². The van der Waals surface area contributed by atoms with Gasteiger partial charge < -0.3 is 11.1 Å². The van der Waals surface area contributed by atoms with Crippen LogP contribution in [0.4, 0.5) is 10.1 Å². The first-order chi connectivity index (χ1) is 14.6. The Bertz CT molecular complexity index is 774. The zero-order chi connectivity index (χ0) is 22.8. The number of aliphatic imine (C=N–C) groups is 1. The molecule has 0 amide bonds. The summed E-state index contributed by atoms with van der Waals surface area (Å²) < 4.78 is 14.4. The summed E-state index contributed by atoms with van der Waals surface area (Å²) in [6.45, 7) is 13.7. The van der Waals surface area contributed by atoms with Gasteiger partial charge in [-0.15, -0.1) is 0 Å². The minimum absolute atomic E-state index is 0.312. The molecule has 0 aromatic heterocycles. The molecular weight excluding hydrogens is 373 g/mol. The van der Waals surface area contributed by atoms with E-state index in [1.54, 1.807) is 12.1 Å². The topological polar surface area (TPSA) is 50.4 Å². The molecule has 0 saturated heterocycles. The minimum atomic E-state index is -0.312. The Morgan fingerprint density at radius 2 is 1.70 bits per heavy atom. The van der Waals surface area contributed by atoms with Crippen molar-refractivity contribution in [1.29, 1.82) is 0 Å². The van der Waals surface area contributed by atoms with E-state index in [4.69, 9.17) is 5.73 Å². The smallest absolute Gasteiger partial charge is 0.131 e. The number of hydrogen-bond donors (Lipinski definition) is 2. The van der Waals surface area contributed by atoms with Crippen molar-refractivity contribution in [2.45, 2.75) is 46.5 Å². The third-order valence-corrected chi connectivity index (χ3v) is 4.24. The van der Waals surface area contributed by atoms with E-state index in [0.29, 0.717) is 11.1 Å². The molecular formula is C26H38FN3. The maximum absolute atomic E-state index is 14.4. The molecule has 3 rings (SSSR count). The number of anilines is 1. The largest absolute Gasteiger partial charge is 0.388 e. The first kappa shape index (κ1) is 27.3. The number of hydrogen-bond acceptors (Lipinski definition) is 3. The van der Waals surface area contributed by atoms with Crippen molar-refractivity contribution in [3.8, 4) is 11.1 Å². The molecule has 2 aromatic carbocycles. The highest BCUT2D eigenvalue weighted by atomic mass is 19.1. The van der Waals surface area contributed by atoms with Gasteiger partial charge >= 0.3 is 0 Å². The lowest BCUT2D eigenvalue weighted by Gasteiger charge is -2.11. The van der Waals surface area contributed by atoms with E-state index in [9.17, 15) is 4.39 Å². The van der Waals surface area contributed by atoms with Gasteiger partial charge in [-0.05, 0) is 31.0 Å². The van der Waals surface area contributed by atoms with Gasteiger partial charge in [0.15, 0.2) is 0 Å². The van der Waals surface area contributed by atoms with Gasteiger partial charge in [0.05, 0.1) is 0 Å². The van der Waals surface area contributed by atoms with Crippen LogP contribution in [0.5, 0.6) is 0 Å². The summed E-state index contributed by atoms with van der Waals surface area (Å²) in [5, 5.41) is 3.11. The number of nitrogens with zero attached hydrogens (tertiary/aromatic N) is 1. The summed E-state index contributed by atoms with van der Waals surface area (Å²) in [6, 6.07) is 12.9. The van der Waals surface area contributed by atoms with Crippen molar-refractivity contribution in [2.75, 3.05) is 18.9 Å². The number of rotatable bonds is 5. The van der Waals surface area contributed by atoms with Gasteiger partial charge in [-0.3, -0.25) is 4.99 Å². The molecule has 30 heavy (non-hydrogen) atoms. The van der Waals surface area contributed by atoms with Crippen LogP contribution in [0.1, 0.15) is 52.0 Å². The summed E-state index contributed by atoms with van der Waals surface area (Å²) >= 11 is 0. The molecule has 0 unspecified atom stereocenters. The van der Waals surface area contributed by atoms with Crippen LogP contribution in [-0.4, -0.2) is 20.3 Å². The third-order valence-electron chi connectivity index (χ3n) is 4.24. The van der Waals surface area contributed by atoms with Gasteiger partial charge in [0.2, 0.25) is 0 Å². The molecule has 0 radical (unpaired) electrons. The summed E-state index contributed by atoms with van der Waals surface area (Å²) in [6.07, 6.45) is 9.06. The van der Waals surface area contributed by atoms with Crippen molar-refractivity contribution in [3.63, 3.8) is 0 Å². The second-order valence-corrected chi connectivity index (χ2v) is 6.28. The fourth-order valence-electron chi connectivity index (χ4n) is 2.45. The SMILES string of the molecule is C1CCC1.C=C/C(=C\N=C)c1ccc(-c2ccccc2NC)cc1F.CC.CCN. The van der Waals surface area contributed by atoms with Crippen molar-refractivity contribution < 1.29 is 4.39 Å². The van der Waals surface area contributed by atoms with E-state index >= 15 is 0 Å². The quantitative estimate of drug-likeness (QED) is 0.400. The van der Waals surface area contributed by atoms with E-state index < -0.39 is 0 Å². The zero-order valence-electron chi connectivity index (χ0n) is 19.0. The van der Waals surface area contributed by atoms with Crippen LogP contribution < -0.4 is 11.1 Å². The number of halogens is 1. The number of allylic oxidation sites excluding steroid dienone is 2. The van der Waals surface area contributed by atoms with Gasteiger partial charge in [0, 0.05) is 35.6 Å². The Hall–Kier alpha value is -2.72. The monoisotopic (exact) mass is 411 g/mol. The molecule has 0 spiro atoms. The fourth-order valence-corrected chi connectivity index (χ4v) is 2.45. The summed E-state index contributed by atoms with van der Waals surface area (Å²) in [5.74, 6) is -0.312. The van der Waals surface area contributed by atoms with E-state index in [1.807, 2.05) is 58.2 Å². The first-order valence-electron chi connectivity index (χ1n) is 10.7. The standard InChI is InChI=1S/C18H17FN2.C4H8.C2H7N.C2H6/c1-4-13(12-20-2)15-10-9-14(11-17(15)19)16-7-5-6-8-18(16)21-3;1-2-4-3-1;1-2-3;1-2/h4-12,21H,1-2H2,3H3;1-4H2;2-3H2,1H3;1-2H3/b13-12+;;;. The molecule has 4 heteroatoms. The number of benzene rings is 2. The van der Waals surface area contributed by atoms with Crippen molar-refractivity contribution in [3.05, 3.63) is 72.7 Å². The molecule has 0 atom stereocenters. The second kappa shape index (κ2) is 17.2. The highest BCUT2D eigenvalue weighted by molar-refractivity contribution is 5.80. The van der Waals surface area contributed by atoms with E-state index in [1.165, 1.54) is 37.9 Å². The second-order valence-electron chi connectivity index (χ2n) is 6.28. The lowest BCUT2D eigenvalue weighted by molar-refractivity contribution is 0.504. The van der Waals surface area contributed by atoms with Gasteiger partial charge in [-0.2, -0.15) is 0 Å². The predicted molar refractivity (Wildman–Crippen MR) is 134 cm³/mol. The maximum Gasteiger partial charge on any atom is 0.131 e. The molecule has 2 aromatic rings. The Morgan fingerprint density at radius 3 is 2.13 bits per heavy atom. The van der Waals surface area contributed by atoms with Crippen LogP contribution in [0.15, 0.2) is 66.3 Å². The number of nitrogens with one attached hydrogen (secondary N) is 1. The summed E-state index contributed by atoms with van der Waals surface area (Å²) in [7, 11) is 1.85. The van der Waals surface area contributed by atoms with Gasteiger partial charge in [-0.25, -0.2) is 4.39 Å².